The zero-order valence-electron chi connectivity index (χ0n) is 9.16. The molecule has 2 rings (SSSR count). The van der Waals surface area contributed by atoms with E-state index in [0.717, 1.165) is 11.2 Å². The zero-order chi connectivity index (χ0) is 11.5. The molecular formula is C14H13NO. The molecule has 0 saturated carbocycles. The molecule has 1 aromatic heterocycles. The van der Waals surface area contributed by atoms with E-state index in [-0.39, 0.29) is 5.43 Å². The van der Waals surface area contributed by atoms with E-state index in [4.69, 9.17) is 0 Å². The van der Waals surface area contributed by atoms with E-state index in [1.807, 2.05) is 43.3 Å². The fraction of sp³-hybridized carbons (Fsp3) is 0.0714. The van der Waals surface area contributed by atoms with Gasteiger partial charge in [-0.05, 0) is 25.1 Å². The largest absolute Gasteiger partial charge is 0.354 e. The van der Waals surface area contributed by atoms with Crippen molar-refractivity contribution in [1.82, 2.24) is 4.98 Å². The van der Waals surface area contributed by atoms with Crippen LogP contribution in [0.3, 0.4) is 0 Å². The van der Waals surface area contributed by atoms with Gasteiger partial charge in [-0.25, -0.2) is 0 Å². The molecule has 0 aliphatic rings. The maximum Gasteiger partial charge on any atom is 0.197 e. The van der Waals surface area contributed by atoms with Gasteiger partial charge in [-0.3, -0.25) is 4.79 Å². The Morgan fingerprint density at radius 1 is 1.31 bits per heavy atom. The molecule has 0 bridgehead atoms. The number of rotatable bonds is 2. The van der Waals surface area contributed by atoms with E-state index in [9.17, 15) is 4.79 Å². The SMILES string of the molecule is C=Cc1[nH]c2ccccc2c(=O)c1/C=C\C. The van der Waals surface area contributed by atoms with Gasteiger partial charge in [-0.1, -0.05) is 30.9 Å². The fourth-order valence-corrected chi connectivity index (χ4v) is 1.76. The Morgan fingerprint density at radius 3 is 2.75 bits per heavy atom. The Balaban J connectivity index is 2.93. The first-order chi connectivity index (χ1) is 7.77. The van der Waals surface area contributed by atoms with Crippen LogP contribution in [0.5, 0.6) is 0 Å². The highest BCUT2D eigenvalue weighted by atomic mass is 16.1. The quantitative estimate of drug-likeness (QED) is 0.812. The number of fused-ring (bicyclic) bond motifs is 1. The van der Waals surface area contributed by atoms with Crippen molar-refractivity contribution >= 4 is 23.1 Å². The highest BCUT2D eigenvalue weighted by molar-refractivity contribution is 5.83. The molecule has 80 valence electrons. The molecule has 1 aromatic carbocycles. The number of allylic oxidation sites excluding steroid dienone is 1. The van der Waals surface area contributed by atoms with E-state index in [2.05, 4.69) is 11.6 Å². The van der Waals surface area contributed by atoms with Gasteiger partial charge in [0.1, 0.15) is 0 Å². The van der Waals surface area contributed by atoms with Gasteiger partial charge in [0.05, 0.1) is 0 Å². The number of hydrogen-bond donors (Lipinski definition) is 1. The van der Waals surface area contributed by atoms with Crippen LogP contribution >= 0.6 is 0 Å². The second kappa shape index (κ2) is 4.19. The molecule has 0 atom stereocenters. The lowest BCUT2D eigenvalue weighted by atomic mass is 10.1. The molecule has 0 aliphatic heterocycles. The Morgan fingerprint density at radius 2 is 2.06 bits per heavy atom. The minimum Gasteiger partial charge on any atom is -0.354 e. The molecule has 0 aliphatic carbocycles. The third-order valence-electron chi connectivity index (χ3n) is 2.51. The predicted molar refractivity (Wildman–Crippen MR) is 69.4 cm³/mol. The molecule has 0 fully saturated rings. The van der Waals surface area contributed by atoms with E-state index >= 15 is 0 Å². The van der Waals surface area contributed by atoms with Crippen molar-refractivity contribution in [2.24, 2.45) is 0 Å². The van der Waals surface area contributed by atoms with Crippen LogP contribution in [0.4, 0.5) is 0 Å². The number of benzene rings is 1. The molecule has 0 radical (unpaired) electrons. The summed E-state index contributed by atoms with van der Waals surface area (Å²) in [5, 5.41) is 0.709. The molecule has 0 unspecified atom stereocenters. The maximum absolute atomic E-state index is 12.2. The van der Waals surface area contributed by atoms with Crippen LogP contribution in [-0.4, -0.2) is 4.98 Å². The van der Waals surface area contributed by atoms with Crippen molar-refractivity contribution in [3.63, 3.8) is 0 Å². The normalized spacial score (nSPS) is 11.1. The number of aromatic amines is 1. The summed E-state index contributed by atoms with van der Waals surface area (Å²) >= 11 is 0. The predicted octanol–water partition coefficient (Wildman–Crippen LogP) is 3.20. The summed E-state index contributed by atoms with van der Waals surface area (Å²) in [6.07, 6.45) is 5.33. The Bertz CT molecular complexity index is 620. The van der Waals surface area contributed by atoms with Gasteiger partial charge >= 0.3 is 0 Å². The second-order valence-corrected chi connectivity index (χ2v) is 3.53. The topological polar surface area (TPSA) is 32.9 Å². The van der Waals surface area contributed by atoms with Crippen molar-refractivity contribution in [3.05, 3.63) is 58.4 Å². The summed E-state index contributed by atoms with van der Waals surface area (Å²) in [6, 6.07) is 7.49. The monoisotopic (exact) mass is 211 g/mol. The maximum atomic E-state index is 12.2. The molecule has 2 aromatic rings. The molecule has 16 heavy (non-hydrogen) atoms. The van der Waals surface area contributed by atoms with Crippen LogP contribution in [-0.2, 0) is 0 Å². The second-order valence-electron chi connectivity index (χ2n) is 3.53. The van der Waals surface area contributed by atoms with Crippen molar-refractivity contribution in [2.75, 3.05) is 0 Å². The Hall–Kier alpha value is -2.09. The van der Waals surface area contributed by atoms with Crippen LogP contribution in [0.25, 0.3) is 23.1 Å². The smallest absolute Gasteiger partial charge is 0.197 e. The highest BCUT2D eigenvalue weighted by Crippen LogP contribution is 2.13. The third-order valence-corrected chi connectivity index (χ3v) is 2.51. The first-order valence-corrected chi connectivity index (χ1v) is 5.18. The van der Waals surface area contributed by atoms with Crippen molar-refractivity contribution < 1.29 is 0 Å². The van der Waals surface area contributed by atoms with Crippen molar-refractivity contribution in [2.45, 2.75) is 6.92 Å². The van der Waals surface area contributed by atoms with Gasteiger partial charge < -0.3 is 4.98 Å². The molecule has 0 amide bonds. The summed E-state index contributed by atoms with van der Waals surface area (Å²) < 4.78 is 0. The molecule has 1 heterocycles. The minimum atomic E-state index is 0.0438. The van der Waals surface area contributed by atoms with Gasteiger partial charge in [-0.2, -0.15) is 0 Å². The highest BCUT2D eigenvalue weighted by Gasteiger charge is 2.06. The molecule has 1 N–H and O–H groups in total. The van der Waals surface area contributed by atoms with Crippen molar-refractivity contribution in [1.29, 1.82) is 0 Å². The van der Waals surface area contributed by atoms with Gasteiger partial charge in [0.2, 0.25) is 0 Å². The standard InChI is InChI=1S/C14H13NO/c1-3-7-10-12(4-2)15-13-9-6-5-8-11(13)14(10)16/h3-9H,2H2,1H3,(H,15,16)/b7-3-. The van der Waals surface area contributed by atoms with Crippen LogP contribution in [0, 0.1) is 0 Å². The lowest BCUT2D eigenvalue weighted by Gasteiger charge is -2.04. The molecule has 2 heteroatoms. The van der Waals surface area contributed by atoms with Crippen LogP contribution < -0.4 is 5.43 Å². The van der Waals surface area contributed by atoms with Gasteiger partial charge in [0, 0.05) is 22.2 Å². The molecule has 2 nitrogen and oxygen atoms in total. The van der Waals surface area contributed by atoms with Gasteiger partial charge in [0.15, 0.2) is 5.43 Å². The first-order valence-electron chi connectivity index (χ1n) is 5.18. The van der Waals surface area contributed by atoms with Gasteiger partial charge in [-0.15, -0.1) is 0 Å². The number of H-pyrrole nitrogens is 1. The zero-order valence-corrected chi connectivity index (χ0v) is 9.16. The van der Waals surface area contributed by atoms with Crippen molar-refractivity contribution in [3.8, 4) is 0 Å². The summed E-state index contributed by atoms with van der Waals surface area (Å²) in [6.45, 7) is 5.61. The first kappa shape index (κ1) is 10.4. The molecular weight excluding hydrogens is 198 g/mol. The van der Waals surface area contributed by atoms with Crippen LogP contribution in [0.1, 0.15) is 18.2 Å². The van der Waals surface area contributed by atoms with E-state index < -0.39 is 0 Å². The third kappa shape index (κ3) is 1.58. The number of pyridine rings is 1. The Labute approximate surface area is 93.9 Å². The van der Waals surface area contributed by atoms with Gasteiger partial charge in [0.25, 0.3) is 0 Å². The lowest BCUT2D eigenvalue weighted by Crippen LogP contribution is -2.09. The van der Waals surface area contributed by atoms with E-state index in [1.165, 1.54) is 0 Å². The van der Waals surface area contributed by atoms with E-state index in [1.54, 1.807) is 6.08 Å². The average Bonchev–Trinajstić information content (AvgIpc) is 2.33. The molecule has 0 spiro atoms. The van der Waals surface area contributed by atoms with E-state index in [0.29, 0.717) is 10.9 Å². The fourth-order valence-electron chi connectivity index (χ4n) is 1.76. The summed E-state index contributed by atoms with van der Waals surface area (Å²) in [4.78, 5) is 15.4. The minimum absolute atomic E-state index is 0.0438. The number of hydrogen-bond acceptors (Lipinski definition) is 1. The average molecular weight is 211 g/mol. The summed E-state index contributed by atoms with van der Waals surface area (Å²) in [5.74, 6) is 0. The lowest BCUT2D eigenvalue weighted by molar-refractivity contribution is 1.33. The summed E-state index contributed by atoms with van der Waals surface area (Å²) in [7, 11) is 0. The number of aromatic nitrogens is 1. The molecule has 0 saturated heterocycles. The Kier molecular flexibility index (Phi) is 2.73. The number of para-hydroxylation sites is 1. The van der Waals surface area contributed by atoms with Crippen LogP contribution in [0.2, 0.25) is 0 Å². The van der Waals surface area contributed by atoms with Crippen LogP contribution in [0.15, 0.2) is 41.7 Å². The number of nitrogens with one attached hydrogen (secondary N) is 1. The summed E-state index contributed by atoms with van der Waals surface area (Å²) in [5.41, 5.74) is 2.32.